The minimum Gasteiger partial charge on any atom is -0.349 e. The van der Waals surface area contributed by atoms with E-state index in [4.69, 9.17) is 11.6 Å². The predicted octanol–water partition coefficient (Wildman–Crippen LogP) is 3.70. The van der Waals surface area contributed by atoms with Crippen LogP contribution in [0.4, 0.5) is 0 Å². The lowest BCUT2D eigenvalue weighted by Gasteiger charge is -2.14. The third-order valence-corrected chi connectivity index (χ3v) is 3.12. The van der Waals surface area contributed by atoms with Crippen molar-refractivity contribution in [3.05, 3.63) is 70.7 Å². The van der Waals surface area contributed by atoms with Crippen LogP contribution in [0, 0.1) is 0 Å². The fraction of sp³-hybridized carbons (Fsp3) is 0.188. The van der Waals surface area contributed by atoms with E-state index in [1.54, 1.807) is 24.3 Å². The average molecular weight is 274 g/mol. The molecule has 0 aliphatic carbocycles. The molecule has 0 spiro atoms. The Morgan fingerprint density at radius 3 is 2.37 bits per heavy atom. The minimum atomic E-state index is -0.0694. The van der Waals surface area contributed by atoms with E-state index in [-0.39, 0.29) is 11.9 Å². The molecule has 1 atom stereocenters. The quantitative estimate of drug-likeness (QED) is 0.904. The molecule has 1 amide bonds. The van der Waals surface area contributed by atoms with Crippen molar-refractivity contribution in [2.75, 3.05) is 0 Å². The molecular formula is C16H16ClNO. The van der Waals surface area contributed by atoms with Gasteiger partial charge in [-0.05, 0) is 43.2 Å². The van der Waals surface area contributed by atoms with E-state index < -0.39 is 0 Å². The molecule has 1 N–H and O–H groups in total. The molecule has 0 aromatic heterocycles. The molecule has 0 saturated heterocycles. The van der Waals surface area contributed by atoms with Gasteiger partial charge in [0, 0.05) is 16.6 Å². The summed E-state index contributed by atoms with van der Waals surface area (Å²) >= 11 is 5.80. The first-order valence-corrected chi connectivity index (χ1v) is 6.63. The molecule has 2 nitrogen and oxygen atoms in total. The Kier molecular flexibility index (Phi) is 4.58. The maximum Gasteiger partial charge on any atom is 0.251 e. The maximum atomic E-state index is 12.0. The Hall–Kier alpha value is -1.80. The third kappa shape index (κ3) is 4.11. The Labute approximate surface area is 118 Å². The highest BCUT2D eigenvalue weighted by molar-refractivity contribution is 6.30. The zero-order chi connectivity index (χ0) is 13.7. The largest absolute Gasteiger partial charge is 0.349 e. The van der Waals surface area contributed by atoms with Gasteiger partial charge in [0.2, 0.25) is 0 Å². The number of nitrogens with one attached hydrogen (secondary N) is 1. The fourth-order valence-corrected chi connectivity index (χ4v) is 2.05. The van der Waals surface area contributed by atoms with Crippen LogP contribution in [0.5, 0.6) is 0 Å². The monoisotopic (exact) mass is 273 g/mol. The third-order valence-electron chi connectivity index (χ3n) is 2.87. The normalized spacial score (nSPS) is 11.9. The second kappa shape index (κ2) is 6.39. The van der Waals surface area contributed by atoms with Crippen LogP contribution in [0.15, 0.2) is 54.6 Å². The number of benzene rings is 2. The number of rotatable bonds is 4. The Morgan fingerprint density at radius 1 is 1.11 bits per heavy atom. The van der Waals surface area contributed by atoms with Gasteiger partial charge in [-0.1, -0.05) is 41.9 Å². The van der Waals surface area contributed by atoms with E-state index >= 15 is 0 Å². The highest BCUT2D eigenvalue weighted by atomic mass is 35.5. The lowest BCUT2D eigenvalue weighted by Crippen LogP contribution is -2.34. The highest BCUT2D eigenvalue weighted by Crippen LogP contribution is 2.10. The highest BCUT2D eigenvalue weighted by Gasteiger charge is 2.09. The van der Waals surface area contributed by atoms with Crippen molar-refractivity contribution >= 4 is 17.5 Å². The van der Waals surface area contributed by atoms with Gasteiger partial charge in [-0.25, -0.2) is 0 Å². The first-order chi connectivity index (χ1) is 9.15. The summed E-state index contributed by atoms with van der Waals surface area (Å²) < 4.78 is 0. The van der Waals surface area contributed by atoms with E-state index in [0.717, 1.165) is 6.42 Å². The van der Waals surface area contributed by atoms with Crippen molar-refractivity contribution in [3.8, 4) is 0 Å². The summed E-state index contributed by atoms with van der Waals surface area (Å²) in [5, 5.41) is 3.62. The van der Waals surface area contributed by atoms with E-state index in [2.05, 4.69) is 17.4 Å². The molecule has 0 bridgehead atoms. The van der Waals surface area contributed by atoms with Crippen molar-refractivity contribution in [3.63, 3.8) is 0 Å². The van der Waals surface area contributed by atoms with Gasteiger partial charge in [0.15, 0.2) is 0 Å². The van der Waals surface area contributed by atoms with Crippen LogP contribution >= 0.6 is 11.6 Å². The second-order valence-electron chi connectivity index (χ2n) is 4.57. The van der Waals surface area contributed by atoms with Crippen LogP contribution < -0.4 is 5.32 Å². The fourth-order valence-electron chi connectivity index (χ4n) is 1.93. The van der Waals surface area contributed by atoms with Gasteiger partial charge in [-0.2, -0.15) is 0 Å². The first-order valence-electron chi connectivity index (χ1n) is 6.25. The number of carbonyl (C=O) groups excluding carboxylic acids is 1. The second-order valence-corrected chi connectivity index (χ2v) is 5.01. The van der Waals surface area contributed by atoms with E-state index in [0.29, 0.717) is 10.6 Å². The number of hydrogen-bond donors (Lipinski definition) is 1. The molecular weight excluding hydrogens is 258 g/mol. The van der Waals surface area contributed by atoms with E-state index in [9.17, 15) is 4.79 Å². The van der Waals surface area contributed by atoms with E-state index in [1.807, 2.05) is 25.1 Å². The van der Waals surface area contributed by atoms with E-state index in [1.165, 1.54) is 5.56 Å². The van der Waals surface area contributed by atoms with Crippen LogP contribution in [-0.2, 0) is 6.42 Å². The van der Waals surface area contributed by atoms with Gasteiger partial charge in [-0.3, -0.25) is 4.79 Å². The van der Waals surface area contributed by atoms with Crippen LogP contribution in [-0.4, -0.2) is 11.9 Å². The zero-order valence-electron chi connectivity index (χ0n) is 10.8. The van der Waals surface area contributed by atoms with Gasteiger partial charge in [0.25, 0.3) is 5.91 Å². The summed E-state index contributed by atoms with van der Waals surface area (Å²) in [6.07, 6.45) is 0.820. The zero-order valence-corrected chi connectivity index (χ0v) is 11.5. The average Bonchev–Trinajstić information content (AvgIpc) is 2.40. The summed E-state index contributed by atoms with van der Waals surface area (Å²) in [6, 6.07) is 17.1. The van der Waals surface area contributed by atoms with Gasteiger partial charge in [-0.15, -0.1) is 0 Å². The number of amides is 1. The predicted molar refractivity (Wildman–Crippen MR) is 78.5 cm³/mol. The SMILES string of the molecule is C[C@@H](Cc1ccccc1)NC(=O)c1ccc(Cl)cc1. The number of carbonyl (C=O) groups is 1. The number of hydrogen-bond acceptors (Lipinski definition) is 1. The first kappa shape index (κ1) is 13.6. The molecule has 0 fully saturated rings. The van der Waals surface area contributed by atoms with Crippen LogP contribution in [0.25, 0.3) is 0 Å². The van der Waals surface area contributed by atoms with Crippen molar-refractivity contribution in [2.45, 2.75) is 19.4 Å². The standard InChI is InChI=1S/C16H16ClNO/c1-12(11-13-5-3-2-4-6-13)18-16(19)14-7-9-15(17)10-8-14/h2-10,12H,11H2,1H3,(H,18,19)/t12-/m0/s1. The molecule has 0 saturated carbocycles. The Morgan fingerprint density at radius 2 is 1.74 bits per heavy atom. The molecule has 19 heavy (non-hydrogen) atoms. The van der Waals surface area contributed by atoms with Gasteiger partial charge < -0.3 is 5.32 Å². The maximum absolute atomic E-state index is 12.0. The summed E-state index contributed by atoms with van der Waals surface area (Å²) in [4.78, 5) is 12.0. The van der Waals surface area contributed by atoms with Crippen molar-refractivity contribution < 1.29 is 4.79 Å². The Bertz CT molecular complexity index is 536. The van der Waals surface area contributed by atoms with Crippen molar-refractivity contribution in [1.29, 1.82) is 0 Å². The number of halogens is 1. The lowest BCUT2D eigenvalue weighted by molar-refractivity contribution is 0.0940. The van der Waals surface area contributed by atoms with Gasteiger partial charge in [0.1, 0.15) is 0 Å². The van der Waals surface area contributed by atoms with Crippen molar-refractivity contribution in [1.82, 2.24) is 5.32 Å². The molecule has 0 radical (unpaired) electrons. The van der Waals surface area contributed by atoms with Crippen molar-refractivity contribution in [2.24, 2.45) is 0 Å². The van der Waals surface area contributed by atoms with Gasteiger partial charge >= 0.3 is 0 Å². The van der Waals surface area contributed by atoms with Gasteiger partial charge in [0.05, 0.1) is 0 Å². The van der Waals surface area contributed by atoms with Crippen LogP contribution in [0.1, 0.15) is 22.8 Å². The van der Waals surface area contributed by atoms with Crippen LogP contribution in [0.3, 0.4) is 0 Å². The smallest absolute Gasteiger partial charge is 0.251 e. The molecule has 2 rings (SSSR count). The summed E-state index contributed by atoms with van der Waals surface area (Å²) in [6.45, 7) is 2.00. The minimum absolute atomic E-state index is 0.0694. The molecule has 0 unspecified atom stereocenters. The topological polar surface area (TPSA) is 29.1 Å². The molecule has 3 heteroatoms. The summed E-state index contributed by atoms with van der Waals surface area (Å²) in [5.41, 5.74) is 1.84. The molecule has 0 heterocycles. The molecule has 2 aromatic rings. The summed E-state index contributed by atoms with van der Waals surface area (Å²) in [5.74, 6) is -0.0694. The summed E-state index contributed by atoms with van der Waals surface area (Å²) in [7, 11) is 0. The van der Waals surface area contributed by atoms with Crippen LogP contribution in [0.2, 0.25) is 5.02 Å². The molecule has 0 aliphatic heterocycles. The molecule has 0 aliphatic rings. The molecule has 2 aromatic carbocycles. The Balaban J connectivity index is 1.93. The molecule has 98 valence electrons. The lowest BCUT2D eigenvalue weighted by atomic mass is 10.1.